The molecule has 1 heteroatoms. The Morgan fingerprint density at radius 3 is 1.56 bits per heavy atom. The SMILES string of the molecule is CCCCCCCCCCCCC(C)(CC)CCl. The summed E-state index contributed by atoms with van der Waals surface area (Å²) < 4.78 is 0. The van der Waals surface area contributed by atoms with Gasteiger partial charge in [0.05, 0.1) is 0 Å². The molecule has 0 fully saturated rings. The number of halogens is 1. The fourth-order valence-corrected chi connectivity index (χ4v) is 2.70. The van der Waals surface area contributed by atoms with E-state index in [4.69, 9.17) is 11.6 Å². The maximum absolute atomic E-state index is 6.03. The van der Waals surface area contributed by atoms with Gasteiger partial charge in [-0.25, -0.2) is 0 Å². The van der Waals surface area contributed by atoms with E-state index in [0.29, 0.717) is 5.41 Å². The molecule has 0 aromatic rings. The Morgan fingerprint density at radius 1 is 0.722 bits per heavy atom. The van der Waals surface area contributed by atoms with Crippen molar-refractivity contribution in [1.82, 2.24) is 0 Å². The Balaban J connectivity index is 3.21. The Labute approximate surface area is 121 Å². The second-order valence-corrected chi connectivity index (χ2v) is 6.50. The van der Waals surface area contributed by atoms with Crippen molar-refractivity contribution in [2.45, 2.75) is 97.8 Å². The first-order chi connectivity index (χ1) is 8.68. The van der Waals surface area contributed by atoms with E-state index < -0.39 is 0 Å². The standard InChI is InChI=1S/C17H35Cl/c1-4-6-7-8-9-10-11-12-13-14-15-17(3,5-2)16-18/h4-16H2,1-3H3. The number of unbranched alkanes of at least 4 members (excludes halogenated alkanes) is 9. The molecular weight excluding hydrogens is 240 g/mol. The van der Waals surface area contributed by atoms with Crippen molar-refractivity contribution in [2.75, 3.05) is 5.88 Å². The van der Waals surface area contributed by atoms with Gasteiger partial charge in [-0.15, -0.1) is 11.6 Å². The van der Waals surface area contributed by atoms with Gasteiger partial charge in [0.25, 0.3) is 0 Å². The maximum atomic E-state index is 6.03. The Hall–Kier alpha value is 0.290. The molecule has 1 unspecified atom stereocenters. The molecule has 0 bridgehead atoms. The first-order valence-electron chi connectivity index (χ1n) is 8.24. The lowest BCUT2D eigenvalue weighted by atomic mass is 9.84. The summed E-state index contributed by atoms with van der Waals surface area (Å²) in [5.74, 6) is 0.820. The summed E-state index contributed by atoms with van der Waals surface area (Å²) in [5, 5.41) is 0. The van der Waals surface area contributed by atoms with Crippen molar-refractivity contribution in [3.05, 3.63) is 0 Å². The highest BCUT2D eigenvalue weighted by Gasteiger charge is 2.19. The van der Waals surface area contributed by atoms with Crippen LogP contribution in [0.25, 0.3) is 0 Å². The van der Waals surface area contributed by atoms with Crippen LogP contribution in [0.4, 0.5) is 0 Å². The van der Waals surface area contributed by atoms with Crippen LogP contribution in [-0.4, -0.2) is 5.88 Å². The smallest absolute Gasteiger partial charge is 0.0277 e. The van der Waals surface area contributed by atoms with Gasteiger partial charge >= 0.3 is 0 Å². The molecule has 0 aromatic heterocycles. The monoisotopic (exact) mass is 274 g/mol. The number of hydrogen-bond acceptors (Lipinski definition) is 0. The molecule has 1 atom stereocenters. The van der Waals surface area contributed by atoms with E-state index in [0.717, 1.165) is 5.88 Å². The van der Waals surface area contributed by atoms with Gasteiger partial charge in [-0.05, 0) is 18.3 Å². The molecule has 0 aromatic carbocycles. The predicted octanol–water partition coefficient (Wildman–Crippen LogP) is 6.95. The highest BCUT2D eigenvalue weighted by atomic mass is 35.5. The van der Waals surface area contributed by atoms with Gasteiger partial charge in [0.15, 0.2) is 0 Å². The summed E-state index contributed by atoms with van der Waals surface area (Å²) >= 11 is 6.03. The molecule has 0 nitrogen and oxygen atoms in total. The molecule has 0 aliphatic carbocycles. The minimum atomic E-state index is 0.391. The van der Waals surface area contributed by atoms with Crippen LogP contribution in [0.3, 0.4) is 0 Å². The molecule has 0 amide bonds. The Morgan fingerprint density at radius 2 is 1.17 bits per heavy atom. The van der Waals surface area contributed by atoms with Gasteiger partial charge in [-0.3, -0.25) is 0 Å². The van der Waals surface area contributed by atoms with Crippen LogP contribution in [0, 0.1) is 5.41 Å². The van der Waals surface area contributed by atoms with Crippen molar-refractivity contribution < 1.29 is 0 Å². The second kappa shape index (κ2) is 12.3. The number of rotatable bonds is 13. The third kappa shape index (κ3) is 10.2. The van der Waals surface area contributed by atoms with Crippen molar-refractivity contribution in [2.24, 2.45) is 5.41 Å². The van der Waals surface area contributed by atoms with Crippen molar-refractivity contribution >= 4 is 11.6 Å². The molecule has 0 aliphatic heterocycles. The summed E-state index contributed by atoms with van der Waals surface area (Å²) in [6.45, 7) is 6.87. The highest BCUT2D eigenvalue weighted by molar-refractivity contribution is 6.18. The topological polar surface area (TPSA) is 0 Å². The molecule has 0 N–H and O–H groups in total. The second-order valence-electron chi connectivity index (χ2n) is 6.23. The van der Waals surface area contributed by atoms with E-state index in [-0.39, 0.29) is 0 Å². The summed E-state index contributed by atoms with van der Waals surface area (Å²) in [7, 11) is 0. The molecule has 110 valence electrons. The van der Waals surface area contributed by atoms with E-state index in [1.165, 1.54) is 77.0 Å². The van der Waals surface area contributed by atoms with Crippen LogP contribution in [0.2, 0.25) is 0 Å². The minimum absolute atomic E-state index is 0.391. The summed E-state index contributed by atoms with van der Waals surface area (Å²) in [4.78, 5) is 0. The van der Waals surface area contributed by atoms with Crippen molar-refractivity contribution in [1.29, 1.82) is 0 Å². The normalized spacial score (nSPS) is 14.7. The molecule has 0 saturated carbocycles. The number of hydrogen-bond donors (Lipinski definition) is 0. The zero-order chi connectivity index (χ0) is 13.7. The van der Waals surface area contributed by atoms with E-state index in [2.05, 4.69) is 20.8 Å². The third-order valence-corrected chi connectivity index (χ3v) is 4.96. The van der Waals surface area contributed by atoms with Crippen LogP contribution >= 0.6 is 11.6 Å². The van der Waals surface area contributed by atoms with Gasteiger partial charge in [0, 0.05) is 5.88 Å². The zero-order valence-corrected chi connectivity index (χ0v) is 13.8. The van der Waals surface area contributed by atoms with Crippen LogP contribution < -0.4 is 0 Å². The summed E-state index contributed by atoms with van der Waals surface area (Å²) in [6, 6.07) is 0. The number of alkyl halides is 1. The molecule has 0 spiro atoms. The first-order valence-corrected chi connectivity index (χ1v) is 8.78. The average molecular weight is 275 g/mol. The van der Waals surface area contributed by atoms with Gasteiger partial charge in [-0.1, -0.05) is 85.0 Å². The first kappa shape index (κ1) is 18.3. The van der Waals surface area contributed by atoms with Gasteiger partial charge in [-0.2, -0.15) is 0 Å². The molecule has 0 aliphatic rings. The molecular formula is C17H35Cl. The van der Waals surface area contributed by atoms with E-state index in [1.807, 2.05) is 0 Å². The lowest BCUT2D eigenvalue weighted by molar-refractivity contribution is 0.312. The fourth-order valence-electron chi connectivity index (χ4n) is 2.38. The Kier molecular flexibility index (Phi) is 12.5. The molecule has 0 heterocycles. The largest absolute Gasteiger partial charge is 0.126 e. The summed E-state index contributed by atoms with van der Waals surface area (Å²) in [6.07, 6.45) is 16.7. The van der Waals surface area contributed by atoms with Gasteiger partial charge in [0.2, 0.25) is 0 Å². The quantitative estimate of drug-likeness (QED) is 0.252. The van der Waals surface area contributed by atoms with Gasteiger partial charge < -0.3 is 0 Å². The Bertz CT molecular complexity index is 161. The zero-order valence-electron chi connectivity index (χ0n) is 13.1. The lowest BCUT2D eigenvalue weighted by Crippen LogP contribution is -2.16. The van der Waals surface area contributed by atoms with Crippen molar-refractivity contribution in [3.8, 4) is 0 Å². The minimum Gasteiger partial charge on any atom is -0.126 e. The molecule has 0 radical (unpaired) electrons. The lowest BCUT2D eigenvalue weighted by Gasteiger charge is -2.25. The van der Waals surface area contributed by atoms with E-state index >= 15 is 0 Å². The predicted molar refractivity (Wildman–Crippen MR) is 85.6 cm³/mol. The average Bonchev–Trinajstić information content (AvgIpc) is 2.40. The molecule has 18 heavy (non-hydrogen) atoms. The van der Waals surface area contributed by atoms with Gasteiger partial charge in [0.1, 0.15) is 0 Å². The van der Waals surface area contributed by atoms with Crippen LogP contribution in [0.1, 0.15) is 97.8 Å². The van der Waals surface area contributed by atoms with E-state index in [9.17, 15) is 0 Å². The maximum Gasteiger partial charge on any atom is 0.0277 e. The van der Waals surface area contributed by atoms with Crippen LogP contribution in [0.15, 0.2) is 0 Å². The van der Waals surface area contributed by atoms with E-state index in [1.54, 1.807) is 0 Å². The van der Waals surface area contributed by atoms with Crippen molar-refractivity contribution in [3.63, 3.8) is 0 Å². The fraction of sp³-hybridized carbons (Fsp3) is 1.00. The van der Waals surface area contributed by atoms with Crippen LogP contribution in [-0.2, 0) is 0 Å². The third-order valence-electron chi connectivity index (χ3n) is 4.31. The highest BCUT2D eigenvalue weighted by Crippen LogP contribution is 2.29. The summed E-state index contributed by atoms with van der Waals surface area (Å²) in [5.41, 5.74) is 0.391. The van der Waals surface area contributed by atoms with Crippen LogP contribution in [0.5, 0.6) is 0 Å². The molecule has 0 saturated heterocycles. The molecule has 0 rings (SSSR count).